The molecule has 2 aliphatic rings. The standard InChI is InChI=1S/C24H28N6O/c1-28-17-20(21-11-12-25-24(26-21)29-13-5-6-14-29)22(27-28)19-10-7-15-30(16-19)23(31)18-8-3-2-4-9-18/h2-4,8-9,11-12,17,19H,5-7,10,13-16H2,1H3/t19-/m0/s1. The van der Waals surface area contributed by atoms with Crippen LogP contribution in [0.5, 0.6) is 0 Å². The predicted octanol–water partition coefficient (Wildman–Crippen LogP) is 3.50. The second-order valence-electron chi connectivity index (χ2n) is 8.49. The molecule has 7 nitrogen and oxygen atoms in total. The van der Waals surface area contributed by atoms with E-state index in [2.05, 4.69) is 9.88 Å². The summed E-state index contributed by atoms with van der Waals surface area (Å²) in [4.78, 5) is 26.6. The number of nitrogens with zero attached hydrogens (tertiary/aromatic N) is 6. The lowest BCUT2D eigenvalue weighted by atomic mass is 9.91. The lowest BCUT2D eigenvalue weighted by Crippen LogP contribution is -2.39. The molecule has 5 rings (SSSR count). The molecule has 0 unspecified atom stereocenters. The first-order chi connectivity index (χ1) is 15.2. The van der Waals surface area contributed by atoms with Gasteiger partial charge in [0.05, 0.1) is 11.4 Å². The Balaban J connectivity index is 1.41. The third-order valence-electron chi connectivity index (χ3n) is 6.28. The minimum absolute atomic E-state index is 0.0983. The molecule has 0 bridgehead atoms. The molecule has 1 aromatic carbocycles. The Morgan fingerprint density at radius 3 is 2.65 bits per heavy atom. The Bertz CT molecular complexity index is 1060. The van der Waals surface area contributed by atoms with Crippen LogP contribution >= 0.6 is 0 Å². The third-order valence-corrected chi connectivity index (χ3v) is 6.28. The highest BCUT2D eigenvalue weighted by Crippen LogP contribution is 2.34. The quantitative estimate of drug-likeness (QED) is 0.651. The molecule has 7 heteroatoms. The Kier molecular flexibility index (Phi) is 5.40. The van der Waals surface area contributed by atoms with Gasteiger partial charge in [0.15, 0.2) is 0 Å². The third kappa shape index (κ3) is 4.04. The van der Waals surface area contributed by atoms with Crippen LogP contribution in [0.3, 0.4) is 0 Å². The number of amides is 1. The lowest BCUT2D eigenvalue weighted by molar-refractivity contribution is 0.0706. The van der Waals surface area contributed by atoms with Crippen LogP contribution < -0.4 is 4.90 Å². The van der Waals surface area contributed by atoms with E-state index in [1.54, 1.807) is 0 Å². The summed E-state index contributed by atoms with van der Waals surface area (Å²) in [7, 11) is 1.95. The van der Waals surface area contributed by atoms with Crippen molar-refractivity contribution in [3.05, 3.63) is 60.0 Å². The first-order valence-electron chi connectivity index (χ1n) is 11.2. The molecule has 0 aliphatic carbocycles. The van der Waals surface area contributed by atoms with Gasteiger partial charge in [0.1, 0.15) is 0 Å². The number of carbonyl (C=O) groups excluding carboxylic acids is 1. The zero-order valence-corrected chi connectivity index (χ0v) is 17.9. The molecule has 4 heterocycles. The van der Waals surface area contributed by atoms with Gasteiger partial charge in [-0.3, -0.25) is 9.48 Å². The van der Waals surface area contributed by atoms with Crippen LogP contribution in [0.15, 0.2) is 48.8 Å². The van der Waals surface area contributed by atoms with Crippen molar-refractivity contribution in [3.63, 3.8) is 0 Å². The van der Waals surface area contributed by atoms with Crippen molar-refractivity contribution in [1.82, 2.24) is 24.6 Å². The van der Waals surface area contributed by atoms with Crippen LogP contribution in [0.25, 0.3) is 11.3 Å². The van der Waals surface area contributed by atoms with E-state index in [0.29, 0.717) is 6.54 Å². The minimum atomic E-state index is 0.0983. The summed E-state index contributed by atoms with van der Waals surface area (Å²) in [5, 5.41) is 4.81. The topological polar surface area (TPSA) is 67.2 Å². The highest BCUT2D eigenvalue weighted by molar-refractivity contribution is 5.94. The Hall–Kier alpha value is -3.22. The predicted molar refractivity (Wildman–Crippen MR) is 120 cm³/mol. The fraction of sp³-hybridized carbons (Fsp3) is 0.417. The first-order valence-corrected chi connectivity index (χ1v) is 11.2. The number of aryl methyl sites for hydroxylation is 1. The van der Waals surface area contributed by atoms with E-state index in [4.69, 9.17) is 10.1 Å². The maximum absolute atomic E-state index is 13.0. The molecule has 0 spiro atoms. The van der Waals surface area contributed by atoms with Crippen LogP contribution in [-0.4, -0.2) is 56.7 Å². The molecule has 1 atom stereocenters. The molecule has 2 aromatic heterocycles. The largest absolute Gasteiger partial charge is 0.341 e. The van der Waals surface area contributed by atoms with Crippen molar-refractivity contribution in [3.8, 4) is 11.3 Å². The fourth-order valence-electron chi connectivity index (χ4n) is 4.72. The van der Waals surface area contributed by atoms with E-state index >= 15 is 0 Å². The summed E-state index contributed by atoms with van der Waals surface area (Å²) < 4.78 is 1.86. The Morgan fingerprint density at radius 2 is 1.84 bits per heavy atom. The van der Waals surface area contributed by atoms with Crippen molar-refractivity contribution in [2.45, 2.75) is 31.6 Å². The number of hydrogen-bond acceptors (Lipinski definition) is 5. The monoisotopic (exact) mass is 416 g/mol. The van der Waals surface area contributed by atoms with Gasteiger partial charge < -0.3 is 9.80 Å². The van der Waals surface area contributed by atoms with E-state index in [-0.39, 0.29) is 11.8 Å². The molecular formula is C24H28N6O. The summed E-state index contributed by atoms with van der Waals surface area (Å²) >= 11 is 0. The van der Waals surface area contributed by atoms with Crippen LogP contribution in [0.2, 0.25) is 0 Å². The summed E-state index contributed by atoms with van der Waals surface area (Å²) in [5.74, 6) is 1.10. The number of piperidine rings is 1. The molecule has 1 amide bonds. The number of anilines is 1. The molecule has 160 valence electrons. The summed E-state index contributed by atoms with van der Waals surface area (Å²) in [6.07, 6.45) is 8.27. The average Bonchev–Trinajstić information content (AvgIpc) is 3.49. The molecule has 0 radical (unpaired) electrons. The molecule has 0 N–H and O–H groups in total. The van der Waals surface area contributed by atoms with Gasteiger partial charge in [0.25, 0.3) is 5.91 Å². The zero-order valence-electron chi connectivity index (χ0n) is 17.9. The molecular weight excluding hydrogens is 388 g/mol. The van der Waals surface area contributed by atoms with Gasteiger partial charge in [0, 0.05) is 62.7 Å². The fourth-order valence-corrected chi connectivity index (χ4v) is 4.72. The smallest absolute Gasteiger partial charge is 0.253 e. The van der Waals surface area contributed by atoms with Gasteiger partial charge in [-0.15, -0.1) is 0 Å². The Labute approximate surface area is 182 Å². The second-order valence-corrected chi connectivity index (χ2v) is 8.49. The maximum atomic E-state index is 13.0. The van der Waals surface area contributed by atoms with Crippen molar-refractivity contribution < 1.29 is 4.79 Å². The molecule has 31 heavy (non-hydrogen) atoms. The van der Waals surface area contributed by atoms with Gasteiger partial charge in [-0.05, 0) is 43.9 Å². The van der Waals surface area contributed by atoms with Crippen molar-refractivity contribution in [2.24, 2.45) is 7.05 Å². The summed E-state index contributed by atoms with van der Waals surface area (Å²) in [6, 6.07) is 11.5. The van der Waals surface area contributed by atoms with E-state index in [0.717, 1.165) is 60.9 Å². The van der Waals surface area contributed by atoms with E-state index < -0.39 is 0 Å². The van der Waals surface area contributed by atoms with E-state index in [1.165, 1.54) is 12.8 Å². The number of aromatic nitrogens is 4. The molecule has 0 saturated carbocycles. The Morgan fingerprint density at radius 1 is 1.03 bits per heavy atom. The van der Waals surface area contributed by atoms with Gasteiger partial charge in [0.2, 0.25) is 5.95 Å². The number of likely N-dealkylation sites (tertiary alicyclic amines) is 1. The number of benzene rings is 1. The normalized spacial score (nSPS) is 19.1. The van der Waals surface area contributed by atoms with Crippen LogP contribution in [0.1, 0.15) is 47.7 Å². The highest BCUT2D eigenvalue weighted by atomic mass is 16.2. The van der Waals surface area contributed by atoms with Crippen molar-refractivity contribution >= 4 is 11.9 Å². The van der Waals surface area contributed by atoms with Gasteiger partial charge >= 0.3 is 0 Å². The van der Waals surface area contributed by atoms with E-state index in [1.807, 2.05) is 65.4 Å². The van der Waals surface area contributed by atoms with E-state index in [9.17, 15) is 4.79 Å². The van der Waals surface area contributed by atoms with Gasteiger partial charge in [-0.25, -0.2) is 9.97 Å². The molecule has 2 saturated heterocycles. The van der Waals surface area contributed by atoms with Crippen LogP contribution in [0.4, 0.5) is 5.95 Å². The lowest BCUT2D eigenvalue weighted by Gasteiger charge is -2.32. The van der Waals surface area contributed by atoms with Crippen molar-refractivity contribution in [1.29, 1.82) is 0 Å². The first kappa shape index (κ1) is 19.7. The van der Waals surface area contributed by atoms with Crippen LogP contribution in [-0.2, 0) is 7.05 Å². The van der Waals surface area contributed by atoms with Crippen molar-refractivity contribution in [2.75, 3.05) is 31.1 Å². The molecule has 3 aromatic rings. The van der Waals surface area contributed by atoms with Gasteiger partial charge in [-0.1, -0.05) is 18.2 Å². The second kappa shape index (κ2) is 8.49. The zero-order chi connectivity index (χ0) is 21.2. The summed E-state index contributed by atoms with van der Waals surface area (Å²) in [5.41, 5.74) is 3.73. The van der Waals surface area contributed by atoms with Crippen LogP contribution in [0, 0.1) is 0 Å². The number of carbonyl (C=O) groups is 1. The highest BCUT2D eigenvalue weighted by Gasteiger charge is 2.29. The number of rotatable bonds is 4. The summed E-state index contributed by atoms with van der Waals surface area (Å²) in [6.45, 7) is 3.51. The number of hydrogen-bond donors (Lipinski definition) is 0. The minimum Gasteiger partial charge on any atom is -0.341 e. The maximum Gasteiger partial charge on any atom is 0.253 e. The van der Waals surface area contributed by atoms with Gasteiger partial charge in [-0.2, -0.15) is 5.10 Å². The molecule has 2 aliphatic heterocycles. The SMILES string of the molecule is Cn1cc(-c2ccnc(N3CCCC3)n2)c([C@H]2CCCN(C(=O)c3ccccc3)C2)n1. The molecule has 2 fully saturated rings. The average molecular weight is 417 g/mol.